The average Bonchev–Trinajstić information content (AvgIpc) is 3.09. The molecule has 0 fully saturated rings. The molecule has 0 radical (unpaired) electrons. The van der Waals surface area contributed by atoms with Crippen LogP contribution in [0.15, 0.2) is 66.9 Å². The fraction of sp³-hybridized carbons (Fsp3) is 0.0833. The predicted molar refractivity (Wildman–Crippen MR) is 122 cm³/mol. The van der Waals surface area contributed by atoms with E-state index in [1.807, 2.05) is 30.3 Å². The maximum Gasteiger partial charge on any atom is 0.417 e. The van der Waals surface area contributed by atoms with E-state index in [1.54, 1.807) is 0 Å². The number of halogens is 4. The van der Waals surface area contributed by atoms with Crippen LogP contribution in [0.5, 0.6) is 23.3 Å². The number of hydrogen-bond acceptors (Lipinski definition) is 5. The molecule has 0 bridgehead atoms. The van der Waals surface area contributed by atoms with Gasteiger partial charge in [-0.05, 0) is 35.9 Å². The molecule has 0 unspecified atom stereocenters. The zero-order valence-electron chi connectivity index (χ0n) is 17.7. The average molecular weight is 504 g/mol. The molecule has 4 N–H and O–H groups in total. The van der Waals surface area contributed by atoms with Crippen molar-refractivity contribution < 1.29 is 32.9 Å². The Labute approximate surface area is 201 Å². The number of H-pyrrole nitrogens is 1. The Balaban J connectivity index is 1.44. The van der Waals surface area contributed by atoms with E-state index in [9.17, 15) is 28.2 Å². The lowest BCUT2D eigenvalue weighted by atomic mass is 10.1. The number of carbonyl (C=O) groups excluding carboxylic acids is 1. The number of benzene rings is 2. The molecule has 0 spiro atoms. The van der Waals surface area contributed by atoms with Gasteiger partial charge in [0.1, 0.15) is 16.3 Å². The quantitative estimate of drug-likeness (QED) is 0.253. The van der Waals surface area contributed by atoms with Crippen LogP contribution in [0.3, 0.4) is 0 Å². The van der Waals surface area contributed by atoms with Gasteiger partial charge in [-0.1, -0.05) is 41.9 Å². The van der Waals surface area contributed by atoms with E-state index in [0.29, 0.717) is 18.0 Å². The molecule has 0 aliphatic rings. The molecule has 7 nitrogen and oxygen atoms in total. The van der Waals surface area contributed by atoms with Crippen LogP contribution in [0.2, 0.25) is 5.02 Å². The van der Waals surface area contributed by atoms with Gasteiger partial charge >= 0.3 is 6.18 Å². The van der Waals surface area contributed by atoms with E-state index in [4.69, 9.17) is 16.3 Å². The van der Waals surface area contributed by atoms with Crippen LogP contribution in [0, 0.1) is 0 Å². The summed E-state index contributed by atoms with van der Waals surface area (Å²) in [6.07, 6.45) is -3.70. The fourth-order valence-electron chi connectivity index (χ4n) is 3.24. The zero-order chi connectivity index (χ0) is 25.2. The van der Waals surface area contributed by atoms with Gasteiger partial charge in [-0.15, -0.1) is 0 Å². The lowest BCUT2D eigenvalue weighted by Crippen LogP contribution is -2.11. The number of ether oxygens (including phenoxy) is 1. The summed E-state index contributed by atoms with van der Waals surface area (Å²) in [7, 11) is 0. The molecule has 2 aromatic heterocycles. The summed E-state index contributed by atoms with van der Waals surface area (Å²) in [5, 5.41) is 22.8. The molecule has 4 aromatic rings. The third-order valence-corrected chi connectivity index (χ3v) is 5.21. The number of amides is 1. The Morgan fingerprint density at radius 1 is 1.09 bits per heavy atom. The number of nitrogens with one attached hydrogen (secondary N) is 2. The van der Waals surface area contributed by atoms with Gasteiger partial charge in [0.2, 0.25) is 11.8 Å². The van der Waals surface area contributed by atoms with Gasteiger partial charge < -0.3 is 25.3 Å². The summed E-state index contributed by atoms with van der Waals surface area (Å²) in [6, 6.07) is 15.7. The van der Waals surface area contributed by atoms with Crippen LogP contribution in [0.25, 0.3) is 0 Å². The highest BCUT2D eigenvalue weighted by Gasteiger charge is 2.32. The molecule has 0 atom stereocenters. The number of hydrogen-bond donors (Lipinski definition) is 4. The summed E-state index contributed by atoms with van der Waals surface area (Å²) in [4.78, 5) is 18.9. The monoisotopic (exact) mass is 503 g/mol. The van der Waals surface area contributed by atoms with Crippen molar-refractivity contribution in [2.75, 3.05) is 5.32 Å². The van der Waals surface area contributed by atoms with Crippen LogP contribution in [-0.2, 0) is 12.6 Å². The summed E-state index contributed by atoms with van der Waals surface area (Å²) in [6.45, 7) is 0. The zero-order valence-corrected chi connectivity index (χ0v) is 18.5. The van der Waals surface area contributed by atoms with E-state index >= 15 is 0 Å². The van der Waals surface area contributed by atoms with E-state index in [-0.39, 0.29) is 40.1 Å². The second-order valence-corrected chi connectivity index (χ2v) is 7.83. The van der Waals surface area contributed by atoms with Crippen LogP contribution >= 0.6 is 11.6 Å². The number of aromatic amines is 1. The first-order valence-corrected chi connectivity index (χ1v) is 10.5. The van der Waals surface area contributed by atoms with Gasteiger partial charge in [-0.25, -0.2) is 4.98 Å². The number of pyridine rings is 1. The minimum atomic E-state index is -4.58. The molecule has 0 saturated heterocycles. The first-order valence-electron chi connectivity index (χ1n) is 10.1. The molecule has 180 valence electrons. The van der Waals surface area contributed by atoms with Gasteiger partial charge in [-0.3, -0.25) is 4.79 Å². The van der Waals surface area contributed by atoms with Crippen molar-refractivity contribution in [2.24, 2.45) is 0 Å². The normalized spacial score (nSPS) is 11.3. The number of rotatable bonds is 6. The minimum absolute atomic E-state index is 0.203. The summed E-state index contributed by atoms with van der Waals surface area (Å²) in [5.74, 6) is -1.61. The van der Waals surface area contributed by atoms with Crippen molar-refractivity contribution in [1.29, 1.82) is 0 Å². The number of nitrogens with zero attached hydrogens (tertiary/aromatic N) is 1. The molecule has 0 aliphatic carbocycles. The molecular formula is C24H17ClF3N3O4. The first kappa shape index (κ1) is 24.0. The van der Waals surface area contributed by atoms with Crippen LogP contribution in [0.4, 0.5) is 18.9 Å². The Bertz CT molecular complexity index is 1360. The number of carbonyl (C=O) groups is 1. The van der Waals surface area contributed by atoms with E-state index < -0.39 is 23.5 Å². The highest BCUT2D eigenvalue weighted by molar-refractivity contribution is 6.31. The van der Waals surface area contributed by atoms with Crippen molar-refractivity contribution in [2.45, 2.75) is 12.6 Å². The van der Waals surface area contributed by atoms with Crippen molar-refractivity contribution in [3.63, 3.8) is 0 Å². The van der Waals surface area contributed by atoms with Crippen molar-refractivity contribution >= 4 is 23.2 Å². The van der Waals surface area contributed by atoms with Gasteiger partial charge in [0.25, 0.3) is 5.91 Å². The number of aromatic hydroxyl groups is 2. The highest BCUT2D eigenvalue weighted by Crippen LogP contribution is 2.35. The molecule has 0 aliphatic heterocycles. The molecular weight excluding hydrogens is 487 g/mol. The van der Waals surface area contributed by atoms with Gasteiger partial charge in [-0.2, -0.15) is 13.2 Å². The van der Waals surface area contributed by atoms with E-state index in [0.717, 1.165) is 5.56 Å². The Morgan fingerprint density at radius 3 is 2.40 bits per heavy atom. The topological polar surface area (TPSA) is 107 Å². The second-order valence-electron chi connectivity index (χ2n) is 7.43. The molecule has 2 heterocycles. The Kier molecular flexibility index (Phi) is 6.57. The molecule has 11 heteroatoms. The van der Waals surface area contributed by atoms with Crippen LogP contribution in [-0.4, -0.2) is 26.1 Å². The van der Waals surface area contributed by atoms with Crippen LogP contribution in [0.1, 0.15) is 27.2 Å². The van der Waals surface area contributed by atoms with E-state index in [2.05, 4.69) is 15.3 Å². The molecule has 4 rings (SSSR count). The summed E-state index contributed by atoms with van der Waals surface area (Å²) < 4.78 is 43.6. The van der Waals surface area contributed by atoms with Crippen molar-refractivity contribution in [1.82, 2.24) is 9.97 Å². The number of alkyl halides is 3. The van der Waals surface area contributed by atoms with Gasteiger partial charge in [0, 0.05) is 18.3 Å². The standard InChI is InChI=1S/C24H17ClF3N3O4/c25-17-11-14(24(26,27)28)12-29-23(17)35-16-8-6-15(7-9-16)30-21(33)19-20(32)18(31-22(19)34)10-13-4-2-1-3-5-13/h1-9,11-12,31-32,34H,10H2,(H,30,33). The van der Waals surface area contributed by atoms with Gasteiger partial charge in [0.15, 0.2) is 5.75 Å². The lowest BCUT2D eigenvalue weighted by Gasteiger charge is -2.11. The minimum Gasteiger partial charge on any atom is -0.505 e. The van der Waals surface area contributed by atoms with Crippen molar-refractivity contribution in [3.05, 3.63) is 94.3 Å². The van der Waals surface area contributed by atoms with Gasteiger partial charge in [0.05, 0.1) is 11.3 Å². The molecule has 1 amide bonds. The Hall–Kier alpha value is -4.18. The number of aromatic nitrogens is 2. The molecule has 2 aromatic carbocycles. The third-order valence-electron chi connectivity index (χ3n) is 4.94. The lowest BCUT2D eigenvalue weighted by molar-refractivity contribution is -0.137. The molecule has 35 heavy (non-hydrogen) atoms. The number of anilines is 1. The third kappa shape index (κ3) is 5.49. The largest absolute Gasteiger partial charge is 0.505 e. The fourth-order valence-corrected chi connectivity index (χ4v) is 3.44. The second kappa shape index (κ2) is 9.59. The smallest absolute Gasteiger partial charge is 0.417 e. The Morgan fingerprint density at radius 2 is 1.77 bits per heavy atom. The maximum absolute atomic E-state index is 12.7. The first-order chi connectivity index (χ1) is 16.6. The molecule has 0 saturated carbocycles. The SMILES string of the molecule is O=C(Nc1ccc(Oc2ncc(C(F)(F)F)cc2Cl)cc1)c1c(O)[nH]c(Cc2ccccc2)c1O. The van der Waals surface area contributed by atoms with Crippen LogP contribution < -0.4 is 10.1 Å². The highest BCUT2D eigenvalue weighted by atomic mass is 35.5. The summed E-state index contributed by atoms with van der Waals surface area (Å²) >= 11 is 5.84. The predicted octanol–water partition coefficient (Wildman–Crippen LogP) is 6.13. The van der Waals surface area contributed by atoms with E-state index in [1.165, 1.54) is 24.3 Å². The maximum atomic E-state index is 12.7. The van der Waals surface area contributed by atoms with Crippen molar-refractivity contribution in [3.8, 4) is 23.3 Å². The summed E-state index contributed by atoms with van der Waals surface area (Å²) in [5.41, 5.74) is 0.143.